The van der Waals surface area contributed by atoms with Gasteiger partial charge in [-0.2, -0.15) is 0 Å². The van der Waals surface area contributed by atoms with Gasteiger partial charge in [0.05, 0.1) is 36.4 Å². The Morgan fingerprint density at radius 1 is 1.26 bits per heavy atom. The van der Waals surface area contributed by atoms with Crippen molar-refractivity contribution in [1.29, 1.82) is 0 Å². The standard InChI is InChI=1S/C17H14N2O4/c1-23-13-4-2-3-11(7-13)9-19-10-18-15-8-12(17(21)22)5-6-14(15)16(19)20/h2-8,10H,9H2,1H3,(H,21,22). The SMILES string of the molecule is COc1cccc(Cn2cnc3cc(C(=O)O)ccc3c2=O)c1. The third-order valence-corrected chi connectivity index (χ3v) is 3.56. The van der Waals surface area contributed by atoms with Crippen LogP contribution in [0.3, 0.4) is 0 Å². The van der Waals surface area contributed by atoms with Crippen LogP contribution in [0.5, 0.6) is 5.75 Å². The zero-order valence-corrected chi connectivity index (χ0v) is 12.4. The number of carboxylic acids is 1. The lowest BCUT2D eigenvalue weighted by Crippen LogP contribution is -2.21. The van der Waals surface area contributed by atoms with Gasteiger partial charge in [0.25, 0.3) is 5.56 Å². The van der Waals surface area contributed by atoms with E-state index in [1.165, 1.54) is 29.1 Å². The van der Waals surface area contributed by atoms with Crippen molar-refractivity contribution in [3.63, 3.8) is 0 Å². The minimum absolute atomic E-state index is 0.106. The van der Waals surface area contributed by atoms with Crippen LogP contribution >= 0.6 is 0 Å². The number of benzene rings is 2. The molecule has 6 nitrogen and oxygen atoms in total. The van der Waals surface area contributed by atoms with Crippen LogP contribution in [0.1, 0.15) is 15.9 Å². The molecule has 0 atom stereocenters. The van der Waals surface area contributed by atoms with Gasteiger partial charge < -0.3 is 9.84 Å². The molecule has 1 aromatic heterocycles. The molecule has 0 unspecified atom stereocenters. The second-order valence-corrected chi connectivity index (χ2v) is 5.07. The first-order chi connectivity index (χ1) is 11.1. The van der Waals surface area contributed by atoms with Gasteiger partial charge in [0.15, 0.2) is 0 Å². The fourth-order valence-corrected chi connectivity index (χ4v) is 2.37. The van der Waals surface area contributed by atoms with Crippen molar-refractivity contribution in [2.24, 2.45) is 0 Å². The summed E-state index contributed by atoms with van der Waals surface area (Å²) in [6.07, 6.45) is 1.43. The quantitative estimate of drug-likeness (QED) is 0.798. The molecule has 0 aliphatic rings. The molecule has 0 fully saturated rings. The highest BCUT2D eigenvalue weighted by Gasteiger charge is 2.09. The van der Waals surface area contributed by atoms with Crippen molar-refractivity contribution < 1.29 is 14.6 Å². The monoisotopic (exact) mass is 310 g/mol. The summed E-state index contributed by atoms with van der Waals surface area (Å²) in [5.41, 5.74) is 1.18. The molecule has 0 aliphatic heterocycles. The predicted octanol–water partition coefficient (Wildman–Crippen LogP) is 2.15. The van der Waals surface area contributed by atoms with Crippen molar-refractivity contribution >= 4 is 16.9 Å². The highest BCUT2D eigenvalue weighted by molar-refractivity contribution is 5.92. The molecule has 0 aliphatic carbocycles. The molecule has 116 valence electrons. The van der Waals surface area contributed by atoms with E-state index in [4.69, 9.17) is 9.84 Å². The number of methoxy groups -OCH3 is 1. The maximum absolute atomic E-state index is 12.5. The third kappa shape index (κ3) is 2.91. The summed E-state index contributed by atoms with van der Waals surface area (Å²) in [6, 6.07) is 11.7. The molecular weight excluding hydrogens is 296 g/mol. The predicted molar refractivity (Wildman–Crippen MR) is 85.1 cm³/mol. The first-order valence-corrected chi connectivity index (χ1v) is 6.94. The van der Waals surface area contributed by atoms with E-state index in [9.17, 15) is 9.59 Å². The number of nitrogens with zero attached hydrogens (tertiary/aromatic N) is 2. The average molecular weight is 310 g/mol. The summed E-state index contributed by atoms with van der Waals surface area (Å²) in [7, 11) is 1.59. The smallest absolute Gasteiger partial charge is 0.335 e. The van der Waals surface area contributed by atoms with Crippen LogP contribution in [0.25, 0.3) is 10.9 Å². The second kappa shape index (κ2) is 5.92. The van der Waals surface area contributed by atoms with Gasteiger partial charge in [-0.15, -0.1) is 0 Å². The molecule has 0 amide bonds. The third-order valence-electron chi connectivity index (χ3n) is 3.56. The molecule has 3 aromatic rings. The van der Waals surface area contributed by atoms with Crippen LogP contribution in [-0.2, 0) is 6.54 Å². The topological polar surface area (TPSA) is 81.4 Å². The molecule has 6 heteroatoms. The Bertz CT molecular complexity index is 947. The minimum atomic E-state index is -1.05. The number of carboxylic acid groups (broad SMARTS) is 1. The van der Waals surface area contributed by atoms with E-state index in [1.807, 2.05) is 24.3 Å². The van der Waals surface area contributed by atoms with Crippen molar-refractivity contribution in [3.8, 4) is 5.75 Å². The van der Waals surface area contributed by atoms with E-state index in [2.05, 4.69) is 4.98 Å². The molecular formula is C17H14N2O4. The van der Waals surface area contributed by atoms with E-state index in [1.54, 1.807) is 7.11 Å². The van der Waals surface area contributed by atoms with Crippen LogP contribution in [0.4, 0.5) is 0 Å². The van der Waals surface area contributed by atoms with Gasteiger partial charge in [0.2, 0.25) is 0 Å². The molecule has 3 rings (SSSR count). The fourth-order valence-electron chi connectivity index (χ4n) is 2.37. The Morgan fingerprint density at radius 3 is 2.83 bits per heavy atom. The summed E-state index contributed by atoms with van der Waals surface area (Å²) in [6.45, 7) is 0.361. The summed E-state index contributed by atoms with van der Waals surface area (Å²) in [4.78, 5) is 27.7. The highest BCUT2D eigenvalue weighted by atomic mass is 16.5. The van der Waals surface area contributed by atoms with Crippen LogP contribution in [-0.4, -0.2) is 27.7 Å². The van der Waals surface area contributed by atoms with Crippen LogP contribution in [0, 0.1) is 0 Å². The van der Waals surface area contributed by atoms with Gasteiger partial charge in [-0.1, -0.05) is 12.1 Å². The van der Waals surface area contributed by atoms with Crippen LogP contribution < -0.4 is 10.3 Å². The van der Waals surface area contributed by atoms with Gasteiger partial charge in [0, 0.05) is 0 Å². The summed E-state index contributed by atoms with van der Waals surface area (Å²) in [5, 5.41) is 9.38. The van der Waals surface area contributed by atoms with Crippen LogP contribution in [0.15, 0.2) is 53.6 Å². The maximum Gasteiger partial charge on any atom is 0.335 e. The lowest BCUT2D eigenvalue weighted by Gasteiger charge is -2.08. The van der Waals surface area contributed by atoms with E-state index in [0.29, 0.717) is 17.4 Å². The van der Waals surface area contributed by atoms with Gasteiger partial charge in [-0.05, 0) is 35.9 Å². The zero-order valence-electron chi connectivity index (χ0n) is 12.4. The fraction of sp³-hybridized carbons (Fsp3) is 0.118. The summed E-state index contributed by atoms with van der Waals surface area (Å²) < 4.78 is 6.65. The van der Waals surface area contributed by atoms with E-state index >= 15 is 0 Å². The largest absolute Gasteiger partial charge is 0.497 e. The molecule has 2 aromatic carbocycles. The first kappa shape index (κ1) is 14.8. The van der Waals surface area contributed by atoms with E-state index < -0.39 is 5.97 Å². The molecule has 1 heterocycles. The number of hydrogen-bond acceptors (Lipinski definition) is 4. The number of rotatable bonds is 4. The lowest BCUT2D eigenvalue weighted by atomic mass is 10.1. The number of aromatic carboxylic acids is 1. The molecule has 0 spiro atoms. The summed E-state index contributed by atoms with van der Waals surface area (Å²) >= 11 is 0. The van der Waals surface area contributed by atoms with E-state index in [-0.39, 0.29) is 11.1 Å². The molecule has 0 saturated heterocycles. The van der Waals surface area contributed by atoms with E-state index in [0.717, 1.165) is 11.3 Å². The Labute approximate surface area is 131 Å². The number of hydrogen-bond donors (Lipinski definition) is 1. The Hall–Kier alpha value is -3.15. The second-order valence-electron chi connectivity index (χ2n) is 5.07. The molecule has 0 bridgehead atoms. The van der Waals surface area contributed by atoms with Gasteiger partial charge in [-0.3, -0.25) is 9.36 Å². The van der Waals surface area contributed by atoms with Crippen molar-refractivity contribution in [2.75, 3.05) is 7.11 Å². The zero-order chi connectivity index (χ0) is 16.4. The maximum atomic E-state index is 12.5. The number of fused-ring (bicyclic) bond motifs is 1. The average Bonchev–Trinajstić information content (AvgIpc) is 2.57. The molecule has 23 heavy (non-hydrogen) atoms. The Morgan fingerprint density at radius 2 is 2.09 bits per heavy atom. The molecule has 0 radical (unpaired) electrons. The molecule has 0 saturated carbocycles. The Balaban J connectivity index is 2.02. The normalized spacial score (nSPS) is 10.7. The van der Waals surface area contributed by atoms with Gasteiger partial charge in [0.1, 0.15) is 5.75 Å². The van der Waals surface area contributed by atoms with Crippen molar-refractivity contribution in [1.82, 2.24) is 9.55 Å². The number of ether oxygens (including phenoxy) is 1. The van der Waals surface area contributed by atoms with Gasteiger partial charge >= 0.3 is 5.97 Å². The van der Waals surface area contributed by atoms with Crippen molar-refractivity contribution in [2.45, 2.75) is 6.54 Å². The Kier molecular flexibility index (Phi) is 3.80. The van der Waals surface area contributed by atoms with Gasteiger partial charge in [-0.25, -0.2) is 9.78 Å². The number of carbonyl (C=O) groups is 1. The first-order valence-electron chi connectivity index (χ1n) is 6.94. The molecule has 1 N–H and O–H groups in total. The number of aromatic nitrogens is 2. The van der Waals surface area contributed by atoms with Crippen LogP contribution in [0.2, 0.25) is 0 Å². The lowest BCUT2D eigenvalue weighted by molar-refractivity contribution is 0.0697. The highest BCUT2D eigenvalue weighted by Crippen LogP contribution is 2.14. The summed E-state index contributed by atoms with van der Waals surface area (Å²) in [5.74, 6) is -0.329. The van der Waals surface area contributed by atoms with Crippen molar-refractivity contribution in [3.05, 3.63) is 70.3 Å². The minimum Gasteiger partial charge on any atom is -0.497 e.